The van der Waals surface area contributed by atoms with Gasteiger partial charge in [-0.3, -0.25) is 4.79 Å². The summed E-state index contributed by atoms with van der Waals surface area (Å²) < 4.78 is 5.56. The summed E-state index contributed by atoms with van der Waals surface area (Å²) in [5.74, 6) is -0.567. The van der Waals surface area contributed by atoms with E-state index in [9.17, 15) is 9.90 Å². The van der Waals surface area contributed by atoms with Gasteiger partial charge in [0.1, 0.15) is 5.75 Å². The van der Waals surface area contributed by atoms with Crippen LogP contribution in [-0.4, -0.2) is 17.7 Å². The molecule has 3 heteroatoms. The molecule has 0 radical (unpaired) electrons. The van der Waals surface area contributed by atoms with E-state index in [2.05, 4.69) is 0 Å². The van der Waals surface area contributed by atoms with Gasteiger partial charge in [-0.25, -0.2) is 0 Å². The lowest BCUT2D eigenvalue weighted by molar-refractivity contribution is -0.143. The number of carboxylic acid groups (broad SMARTS) is 1. The first-order valence-corrected chi connectivity index (χ1v) is 4.97. The number of carbonyl (C=O) groups is 1. The quantitative estimate of drug-likeness (QED) is 0.766. The van der Waals surface area contributed by atoms with Gasteiger partial charge in [0.05, 0.1) is 12.5 Å². The topological polar surface area (TPSA) is 46.5 Å². The van der Waals surface area contributed by atoms with Crippen LogP contribution in [0.1, 0.15) is 25.3 Å². The number of fused-ring (bicyclic) bond motifs is 1. The summed E-state index contributed by atoms with van der Waals surface area (Å²) in [6.07, 6.45) is 0. The lowest BCUT2D eigenvalue weighted by Gasteiger charge is -2.37. The summed E-state index contributed by atoms with van der Waals surface area (Å²) in [5.41, 5.74) is 0.418. The molecule has 3 nitrogen and oxygen atoms in total. The van der Waals surface area contributed by atoms with Gasteiger partial charge in [-0.1, -0.05) is 32.0 Å². The fraction of sp³-hybridized carbons (Fsp3) is 0.417. The molecule has 0 aromatic heterocycles. The molecule has 0 fully saturated rings. The first-order chi connectivity index (χ1) is 7.02. The third-order valence-corrected chi connectivity index (χ3v) is 2.86. The Kier molecular flexibility index (Phi) is 2.18. The van der Waals surface area contributed by atoms with Crippen LogP contribution in [0.25, 0.3) is 0 Å². The molecule has 0 aliphatic carbocycles. The van der Waals surface area contributed by atoms with Gasteiger partial charge < -0.3 is 9.84 Å². The second-order valence-corrected chi connectivity index (χ2v) is 4.59. The summed E-state index contributed by atoms with van der Waals surface area (Å²) in [7, 11) is 0. The van der Waals surface area contributed by atoms with Crippen molar-refractivity contribution in [2.24, 2.45) is 5.41 Å². The highest BCUT2D eigenvalue weighted by molar-refractivity contribution is 5.78. The Bertz CT molecular complexity index is 396. The number of benzene rings is 1. The van der Waals surface area contributed by atoms with Crippen LogP contribution in [0.2, 0.25) is 0 Å². The maximum atomic E-state index is 11.3. The van der Waals surface area contributed by atoms with Crippen LogP contribution in [0.5, 0.6) is 5.75 Å². The number of hydrogen-bond acceptors (Lipinski definition) is 2. The van der Waals surface area contributed by atoms with Crippen LogP contribution in [0.3, 0.4) is 0 Å². The summed E-state index contributed by atoms with van der Waals surface area (Å²) in [6, 6.07) is 7.35. The average molecular weight is 206 g/mol. The molecule has 1 aliphatic rings. The van der Waals surface area contributed by atoms with E-state index in [1.54, 1.807) is 0 Å². The Morgan fingerprint density at radius 3 is 2.80 bits per heavy atom. The highest BCUT2D eigenvalue weighted by Crippen LogP contribution is 2.44. The number of rotatable bonds is 1. The highest BCUT2D eigenvalue weighted by atomic mass is 16.5. The molecule has 1 heterocycles. The molecule has 15 heavy (non-hydrogen) atoms. The third-order valence-electron chi connectivity index (χ3n) is 2.86. The van der Waals surface area contributed by atoms with Crippen molar-refractivity contribution in [2.75, 3.05) is 6.61 Å². The van der Waals surface area contributed by atoms with Crippen molar-refractivity contribution in [2.45, 2.75) is 19.8 Å². The molecule has 1 unspecified atom stereocenters. The number of carboxylic acids is 1. The van der Waals surface area contributed by atoms with Gasteiger partial charge in [0.15, 0.2) is 0 Å². The predicted molar refractivity (Wildman–Crippen MR) is 56.1 cm³/mol. The van der Waals surface area contributed by atoms with Crippen LogP contribution >= 0.6 is 0 Å². The van der Waals surface area contributed by atoms with E-state index in [4.69, 9.17) is 4.74 Å². The number of aliphatic carboxylic acids is 1. The zero-order valence-electron chi connectivity index (χ0n) is 8.86. The summed E-state index contributed by atoms with van der Waals surface area (Å²) in [4.78, 5) is 11.3. The molecular weight excluding hydrogens is 192 g/mol. The fourth-order valence-electron chi connectivity index (χ4n) is 2.09. The maximum absolute atomic E-state index is 11.3. The largest absolute Gasteiger partial charge is 0.493 e. The minimum absolute atomic E-state index is 0.361. The van der Waals surface area contributed by atoms with E-state index >= 15 is 0 Å². The zero-order chi connectivity index (χ0) is 11.1. The average Bonchev–Trinajstić information content (AvgIpc) is 2.15. The van der Waals surface area contributed by atoms with Crippen molar-refractivity contribution >= 4 is 5.97 Å². The van der Waals surface area contributed by atoms with Crippen LogP contribution < -0.4 is 4.74 Å². The molecule has 80 valence electrons. The lowest BCUT2D eigenvalue weighted by atomic mass is 9.74. The van der Waals surface area contributed by atoms with E-state index in [-0.39, 0.29) is 5.41 Å². The van der Waals surface area contributed by atoms with E-state index in [1.807, 2.05) is 38.1 Å². The van der Waals surface area contributed by atoms with E-state index in [0.717, 1.165) is 5.56 Å². The molecule has 0 bridgehead atoms. The smallest absolute Gasteiger partial charge is 0.311 e. The van der Waals surface area contributed by atoms with Crippen molar-refractivity contribution in [1.29, 1.82) is 0 Å². The van der Waals surface area contributed by atoms with Crippen molar-refractivity contribution in [3.8, 4) is 5.75 Å². The SMILES string of the molecule is CC1(C)COc2ccccc2C1C(=O)O. The van der Waals surface area contributed by atoms with E-state index in [0.29, 0.717) is 12.4 Å². The Balaban J connectivity index is 2.53. The van der Waals surface area contributed by atoms with Crippen molar-refractivity contribution in [1.82, 2.24) is 0 Å². The molecule has 0 saturated heterocycles. The van der Waals surface area contributed by atoms with Gasteiger partial charge in [0, 0.05) is 11.0 Å². The Morgan fingerprint density at radius 1 is 1.47 bits per heavy atom. The molecule has 0 saturated carbocycles. The standard InChI is InChI=1S/C12H14O3/c1-12(2)7-15-9-6-4-3-5-8(9)10(12)11(13)14/h3-6,10H,7H2,1-2H3,(H,13,14). The Labute approximate surface area is 88.7 Å². The van der Waals surface area contributed by atoms with Crippen LogP contribution in [-0.2, 0) is 4.79 Å². The van der Waals surface area contributed by atoms with Crippen LogP contribution in [0.4, 0.5) is 0 Å². The van der Waals surface area contributed by atoms with Gasteiger partial charge in [-0.05, 0) is 6.07 Å². The Morgan fingerprint density at radius 2 is 2.13 bits per heavy atom. The first kappa shape index (κ1) is 10.0. The predicted octanol–water partition coefficient (Wildman–Crippen LogP) is 2.27. The van der Waals surface area contributed by atoms with Crippen molar-refractivity contribution in [3.63, 3.8) is 0 Å². The normalized spacial score (nSPS) is 22.7. The van der Waals surface area contributed by atoms with Crippen molar-refractivity contribution in [3.05, 3.63) is 29.8 Å². The minimum atomic E-state index is -0.782. The van der Waals surface area contributed by atoms with Gasteiger partial charge in [0.25, 0.3) is 0 Å². The molecule has 1 atom stereocenters. The van der Waals surface area contributed by atoms with Crippen LogP contribution in [0, 0.1) is 5.41 Å². The van der Waals surface area contributed by atoms with Crippen LogP contribution in [0.15, 0.2) is 24.3 Å². The maximum Gasteiger partial charge on any atom is 0.311 e. The van der Waals surface area contributed by atoms with Gasteiger partial charge in [-0.15, -0.1) is 0 Å². The fourth-order valence-corrected chi connectivity index (χ4v) is 2.09. The molecule has 1 aliphatic heterocycles. The molecule has 1 N–H and O–H groups in total. The number of hydrogen-bond donors (Lipinski definition) is 1. The number of para-hydroxylation sites is 1. The monoisotopic (exact) mass is 206 g/mol. The lowest BCUT2D eigenvalue weighted by Crippen LogP contribution is -2.37. The summed E-state index contributed by atoms with van der Waals surface area (Å²) in [6.45, 7) is 4.28. The first-order valence-electron chi connectivity index (χ1n) is 4.97. The molecule has 0 spiro atoms. The third kappa shape index (κ3) is 1.58. The number of ether oxygens (including phenoxy) is 1. The minimum Gasteiger partial charge on any atom is -0.493 e. The van der Waals surface area contributed by atoms with Gasteiger partial charge in [0.2, 0.25) is 0 Å². The summed E-state index contributed by atoms with van der Waals surface area (Å²) >= 11 is 0. The second-order valence-electron chi connectivity index (χ2n) is 4.59. The van der Waals surface area contributed by atoms with Crippen molar-refractivity contribution < 1.29 is 14.6 Å². The summed E-state index contributed by atoms with van der Waals surface area (Å²) in [5, 5.41) is 9.27. The molecular formula is C12H14O3. The Hall–Kier alpha value is -1.51. The molecule has 2 rings (SSSR count). The molecule has 1 aromatic rings. The molecule has 1 aromatic carbocycles. The zero-order valence-corrected chi connectivity index (χ0v) is 8.86. The second kappa shape index (κ2) is 3.26. The highest BCUT2D eigenvalue weighted by Gasteiger charge is 2.41. The molecule has 0 amide bonds. The van der Waals surface area contributed by atoms with Gasteiger partial charge >= 0.3 is 5.97 Å². The van der Waals surface area contributed by atoms with E-state index < -0.39 is 11.9 Å². The van der Waals surface area contributed by atoms with Gasteiger partial charge in [-0.2, -0.15) is 0 Å². The van der Waals surface area contributed by atoms with E-state index in [1.165, 1.54) is 0 Å².